The molecule has 0 aromatic heterocycles. The average molecular weight is 260 g/mol. The van der Waals surface area contributed by atoms with Crippen LogP contribution < -0.4 is 56.7 Å². The molecule has 2 atom stereocenters. The van der Waals surface area contributed by atoms with Crippen LogP contribution in [0.1, 0.15) is 40.5 Å². The van der Waals surface area contributed by atoms with Crippen molar-refractivity contribution in [2.45, 2.75) is 51.2 Å². The topological polar surface area (TPSA) is 61.4 Å². The smallest absolute Gasteiger partial charge is 1.00 e. The maximum Gasteiger partial charge on any atom is 1.00 e. The Balaban J connectivity index is 0. The summed E-state index contributed by atoms with van der Waals surface area (Å²) in [6.07, 6.45) is 6.02. The third-order valence-electron chi connectivity index (χ3n) is 2.54. The van der Waals surface area contributed by atoms with Gasteiger partial charge in [-0.05, 0) is 19.8 Å². The van der Waals surface area contributed by atoms with Crippen molar-refractivity contribution in [3.05, 3.63) is 0 Å². The van der Waals surface area contributed by atoms with Crippen LogP contribution in [0.15, 0.2) is 0 Å². The molecule has 1 fully saturated rings. The van der Waals surface area contributed by atoms with Gasteiger partial charge in [0.25, 0.3) is 0 Å². The van der Waals surface area contributed by atoms with Gasteiger partial charge in [-0.1, -0.05) is 19.3 Å². The van der Waals surface area contributed by atoms with Crippen molar-refractivity contribution in [2.75, 3.05) is 6.54 Å². The predicted molar refractivity (Wildman–Crippen MR) is 55.5 cm³/mol. The van der Waals surface area contributed by atoms with Gasteiger partial charge in [-0.15, -0.1) is 0 Å². The molecule has 0 saturated heterocycles. The third kappa shape index (κ3) is 8.40. The molecule has 1 aliphatic carbocycles. The molecule has 1 saturated carbocycles. The Bertz CT molecular complexity index is 194. The van der Waals surface area contributed by atoms with Crippen LogP contribution in [0.3, 0.4) is 0 Å². The van der Waals surface area contributed by atoms with E-state index in [1.807, 2.05) is 0 Å². The third-order valence-corrected chi connectivity index (χ3v) is 3.03. The van der Waals surface area contributed by atoms with Gasteiger partial charge in [-0.2, -0.15) is 0 Å². The first-order valence-corrected chi connectivity index (χ1v) is 6.18. The van der Waals surface area contributed by atoms with Crippen LogP contribution in [-0.4, -0.2) is 27.5 Å². The molecule has 1 aliphatic rings. The van der Waals surface area contributed by atoms with Crippen molar-refractivity contribution in [1.29, 1.82) is 0 Å². The van der Waals surface area contributed by atoms with Crippen LogP contribution in [0.5, 0.6) is 0 Å². The summed E-state index contributed by atoms with van der Waals surface area (Å²) in [5.74, 6) is 0. The van der Waals surface area contributed by atoms with Gasteiger partial charge < -0.3 is 11.3 Å². The summed E-state index contributed by atoms with van der Waals surface area (Å²) >= 11 is -2.39. The molecule has 86 valence electrons. The predicted octanol–water partition coefficient (Wildman–Crippen LogP) is -1.78. The van der Waals surface area contributed by atoms with E-state index in [0.29, 0.717) is 12.6 Å². The summed E-state index contributed by atoms with van der Waals surface area (Å²) in [4.78, 5) is 0. The molecule has 0 bridgehead atoms. The van der Waals surface area contributed by atoms with E-state index in [2.05, 4.69) is 9.50 Å². The van der Waals surface area contributed by atoms with E-state index in [0.717, 1.165) is 0 Å². The first kappa shape index (κ1) is 16.7. The second-order valence-electron chi connectivity index (χ2n) is 3.85. The molecule has 0 aromatic carbocycles. The summed E-state index contributed by atoms with van der Waals surface area (Å²) < 4.78 is 25.0. The maximum atomic E-state index is 10.2. The molecule has 0 aromatic rings. The van der Waals surface area contributed by atoms with Crippen LogP contribution in [0, 0.1) is 0 Å². The molecule has 2 unspecified atom stereocenters. The van der Waals surface area contributed by atoms with Crippen molar-refractivity contribution >= 4 is 11.4 Å². The van der Waals surface area contributed by atoms with Crippen molar-refractivity contribution in [2.24, 2.45) is 0 Å². The standard InChI is InChI=1S/C9H19NO3S.K.H/c1-8(13-14(11)12)7-10-9-5-3-2-4-6-9;;/h8-10H,2-7H2,1H3,(H,11,12);;/q;+1;-1/p-1. The summed E-state index contributed by atoms with van der Waals surface area (Å²) in [5, 5.41) is 3.33. The van der Waals surface area contributed by atoms with Gasteiger partial charge >= 0.3 is 51.4 Å². The number of hydrogen-bond donors (Lipinski definition) is 1. The van der Waals surface area contributed by atoms with Crippen molar-refractivity contribution in [3.8, 4) is 0 Å². The fraction of sp³-hybridized carbons (Fsp3) is 1.00. The molecule has 0 spiro atoms. The maximum absolute atomic E-state index is 10.2. The molecular formula is C9H19KNO3S-. The number of hydrogen-bond acceptors (Lipinski definition) is 4. The van der Waals surface area contributed by atoms with Gasteiger partial charge in [0.15, 0.2) is 0 Å². The second-order valence-corrected chi connectivity index (χ2v) is 4.45. The van der Waals surface area contributed by atoms with E-state index in [9.17, 15) is 8.76 Å². The first-order valence-electron chi connectivity index (χ1n) is 5.18. The van der Waals surface area contributed by atoms with Crippen molar-refractivity contribution in [1.82, 2.24) is 5.32 Å². The second kappa shape index (κ2) is 9.67. The molecule has 0 heterocycles. The minimum Gasteiger partial charge on any atom is -1.00 e. The summed E-state index contributed by atoms with van der Waals surface area (Å²) in [7, 11) is 0. The zero-order valence-corrected chi connectivity index (χ0v) is 13.5. The normalized spacial score (nSPS) is 21.7. The van der Waals surface area contributed by atoms with Crippen LogP contribution in [0.25, 0.3) is 0 Å². The van der Waals surface area contributed by atoms with Crippen molar-refractivity contribution in [3.63, 3.8) is 0 Å². The average Bonchev–Trinajstić information content (AvgIpc) is 2.15. The number of nitrogens with one attached hydrogen (secondary N) is 1. The summed E-state index contributed by atoms with van der Waals surface area (Å²) in [6.45, 7) is 2.37. The van der Waals surface area contributed by atoms with E-state index in [1.165, 1.54) is 32.1 Å². The molecule has 15 heavy (non-hydrogen) atoms. The van der Waals surface area contributed by atoms with Crippen molar-refractivity contribution < 1.29 is 65.8 Å². The van der Waals surface area contributed by atoms with Crippen LogP contribution in [-0.2, 0) is 15.5 Å². The molecule has 0 aliphatic heterocycles. The minimum absolute atomic E-state index is 0. The fourth-order valence-corrected chi connectivity index (χ4v) is 2.14. The molecule has 6 heteroatoms. The van der Waals surface area contributed by atoms with Gasteiger partial charge in [0, 0.05) is 12.6 Å². The van der Waals surface area contributed by atoms with Gasteiger partial charge in [-0.3, -0.25) is 4.18 Å². The van der Waals surface area contributed by atoms with Crippen LogP contribution in [0.4, 0.5) is 0 Å². The monoisotopic (exact) mass is 260 g/mol. The van der Waals surface area contributed by atoms with E-state index in [-0.39, 0.29) is 58.9 Å². The Kier molecular flexibility index (Phi) is 10.7. The quantitative estimate of drug-likeness (QED) is 0.469. The molecule has 1 rings (SSSR count). The van der Waals surface area contributed by atoms with Gasteiger partial charge in [0.1, 0.15) is 0 Å². The molecular weight excluding hydrogens is 241 g/mol. The Morgan fingerprint density at radius 1 is 1.53 bits per heavy atom. The molecule has 0 radical (unpaired) electrons. The van der Waals surface area contributed by atoms with E-state index in [1.54, 1.807) is 6.92 Å². The Morgan fingerprint density at radius 3 is 2.67 bits per heavy atom. The van der Waals surface area contributed by atoms with E-state index < -0.39 is 11.4 Å². The SMILES string of the molecule is CC(CNC1CCCCC1)OS(=O)[O-].[H-].[K+]. The summed E-state index contributed by atoms with van der Waals surface area (Å²) in [5.41, 5.74) is 0. The Labute approximate surface area is 138 Å². The van der Waals surface area contributed by atoms with E-state index >= 15 is 0 Å². The van der Waals surface area contributed by atoms with Gasteiger partial charge in [-0.25, -0.2) is 4.21 Å². The van der Waals surface area contributed by atoms with Crippen LogP contribution >= 0.6 is 0 Å². The molecule has 0 amide bonds. The zero-order valence-electron chi connectivity index (χ0n) is 10.5. The molecule has 4 nitrogen and oxygen atoms in total. The van der Waals surface area contributed by atoms with Gasteiger partial charge in [0.2, 0.25) is 0 Å². The Morgan fingerprint density at radius 2 is 2.13 bits per heavy atom. The first-order chi connectivity index (χ1) is 6.68. The minimum atomic E-state index is -2.39. The van der Waals surface area contributed by atoms with Gasteiger partial charge in [0.05, 0.1) is 17.5 Å². The Hall–Kier alpha value is 1.67. The van der Waals surface area contributed by atoms with Crippen LogP contribution in [0.2, 0.25) is 0 Å². The largest absolute Gasteiger partial charge is 1.00 e. The number of rotatable bonds is 5. The summed E-state index contributed by atoms with van der Waals surface area (Å²) in [6, 6.07) is 0.551. The molecule has 1 N–H and O–H groups in total. The van der Waals surface area contributed by atoms with E-state index in [4.69, 9.17) is 0 Å². The zero-order chi connectivity index (χ0) is 10.4. The fourth-order valence-electron chi connectivity index (χ4n) is 1.81.